The number of hydrogen-bond donors (Lipinski definition) is 2. The number of aryl methyl sites for hydroxylation is 1. The topological polar surface area (TPSA) is 112 Å². The Morgan fingerprint density at radius 2 is 1.86 bits per heavy atom. The minimum Gasteiger partial charge on any atom is -0.444 e. The number of carbonyl (C=O) groups is 3. The van der Waals surface area contributed by atoms with Crippen molar-refractivity contribution in [3.05, 3.63) is 41.0 Å². The number of hydrogen-bond acceptors (Lipinski definition) is 7. The number of carbonyl (C=O) groups excluding carboxylic acids is 3. The molecule has 0 bridgehead atoms. The van der Waals surface area contributed by atoms with E-state index in [9.17, 15) is 19.5 Å². The summed E-state index contributed by atoms with van der Waals surface area (Å²) in [6, 6.07) is 7.05. The predicted molar refractivity (Wildman–Crippen MR) is 132 cm³/mol. The number of aliphatic hydroxyl groups is 1. The van der Waals surface area contributed by atoms with Crippen LogP contribution in [0.3, 0.4) is 0 Å². The molecule has 0 saturated carbocycles. The van der Waals surface area contributed by atoms with E-state index in [0.29, 0.717) is 13.1 Å². The molecule has 2 N–H and O–H groups in total. The summed E-state index contributed by atoms with van der Waals surface area (Å²) < 4.78 is 5.45. The average molecular weight is 501 g/mol. The smallest absolute Gasteiger partial charge is 0.411 e. The third kappa shape index (κ3) is 5.18. The Morgan fingerprint density at radius 1 is 1.20 bits per heavy atom. The highest BCUT2D eigenvalue weighted by Gasteiger charge is 2.49. The number of aliphatic hydroxyl groups excluding tert-OH is 1. The van der Waals surface area contributed by atoms with Gasteiger partial charge in [0.15, 0.2) is 0 Å². The van der Waals surface area contributed by atoms with Gasteiger partial charge in [-0.2, -0.15) is 0 Å². The lowest BCUT2D eigenvalue weighted by molar-refractivity contribution is -0.142. The van der Waals surface area contributed by atoms with Crippen LogP contribution in [0.1, 0.15) is 45.4 Å². The van der Waals surface area contributed by atoms with Crippen molar-refractivity contribution in [3.8, 4) is 10.4 Å². The van der Waals surface area contributed by atoms with E-state index in [1.807, 2.05) is 36.7 Å². The van der Waals surface area contributed by atoms with Crippen molar-refractivity contribution in [1.82, 2.24) is 20.1 Å². The summed E-state index contributed by atoms with van der Waals surface area (Å²) in [5, 5.41) is 13.3. The van der Waals surface area contributed by atoms with E-state index in [4.69, 9.17) is 4.74 Å². The van der Waals surface area contributed by atoms with Crippen LogP contribution in [-0.4, -0.2) is 75.2 Å². The van der Waals surface area contributed by atoms with Gasteiger partial charge in [0.05, 0.1) is 28.7 Å². The summed E-state index contributed by atoms with van der Waals surface area (Å²) in [6.45, 7) is 9.41. The van der Waals surface area contributed by atoms with E-state index < -0.39 is 29.4 Å². The first-order valence-corrected chi connectivity index (χ1v) is 12.5. The van der Waals surface area contributed by atoms with Gasteiger partial charge in [-0.3, -0.25) is 14.5 Å². The van der Waals surface area contributed by atoms with Crippen molar-refractivity contribution in [2.24, 2.45) is 0 Å². The van der Waals surface area contributed by atoms with Gasteiger partial charge in [0, 0.05) is 26.4 Å². The number of rotatable bonds is 4. The van der Waals surface area contributed by atoms with E-state index in [1.54, 1.807) is 37.0 Å². The first-order chi connectivity index (χ1) is 16.4. The van der Waals surface area contributed by atoms with Crippen molar-refractivity contribution in [3.63, 3.8) is 0 Å². The third-order valence-corrected chi connectivity index (χ3v) is 7.36. The maximum atomic E-state index is 13.4. The number of amides is 3. The van der Waals surface area contributed by atoms with E-state index in [1.165, 1.54) is 11.8 Å². The molecule has 2 atom stereocenters. The first-order valence-electron chi connectivity index (χ1n) is 11.6. The molecule has 1 aromatic carbocycles. The summed E-state index contributed by atoms with van der Waals surface area (Å²) in [5.74, 6) is -0.448. The molecule has 2 aromatic rings. The molecule has 2 aliphatic rings. The molecule has 0 spiro atoms. The summed E-state index contributed by atoms with van der Waals surface area (Å²) in [6.07, 6.45) is -1.32. The number of likely N-dealkylation sites (tertiary alicyclic amines) is 2. The standard InChI is InChI=1S/C25H32N4O5S/c1-15-21(35-14-26-15)17-6-8-18(9-7-17)25(12-28(13-25)16(2)30)27-22(32)20-10-19(31)11-29(20)23(33)34-24(3,4)5/h6-9,14,19-20,31H,10-13H2,1-5H3,(H,27,32)/t19-,20+/m1/s1. The number of β-amino-alcohol motifs (C(OH)–C–C–N with tert-alkyl or cyclic N) is 1. The van der Waals surface area contributed by atoms with Gasteiger partial charge in [0.2, 0.25) is 11.8 Å². The molecular formula is C25H32N4O5S. The molecule has 9 nitrogen and oxygen atoms in total. The van der Waals surface area contributed by atoms with Crippen molar-refractivity contribution >= 4 is 29.2 Å². The largest absolute Gasteiger partial charge is 0.444 e. The summed E-state index contributed by atoms with van der Waals surface area (Å²) in [4.78, 5) is 46.5. The Balaban J connectivity index is 1.57. The van der Waals surface area contributed by atoms with Gasteiger partial charge in [-0.15, -0.1) is 11.3 Å². The van der Waals surface area contributed by atoms with Crippen molar-refractivity contribution in [2.45, 2.75) is 64.3 Å². The lowest BCUT2D eigenvalue weighted by Crippen LogP contribution is -2.70. The second-order valence-corrected chi connectivity index (χ2v) is 11.2. The van der Waals surface area contributed by atoms with Crippen molar-refractivity contribution in [2.75, 3.05) is 19.6 Å². The van der Waals surface area contributed by atoms with Gasteiger partial charge >= 0.3 is 6.09 Å². The van der Waals surface area contributed by atoms with E-state index in [-0.39, 0.29) is 24.8 Å². The van der Waals surface area contributed by atoms with E-state index in [2.05, 4.69) is 10.3 Å². The van der Waals surface area contributed by atoms with Crippen LogP contribution in [0.25, 0.3) is 10.4 Å². The molecule has 3 heterocycles. The Kier molecular flexibility index (Phi) is 6.63. The SMILES string of the molecule is CC(=O)N1CC(NC(=O)[C@@H]2C[C@@H](O)CN2C(=O)OC(C)(C)C)(c2ccc(-c3scnc3C)cc2)C1. The summed E-state index contributed by atoms with van der Waals surface area (Å²) in [7, 11) is 0. The van der Waals surface area contributed by atoms with Crippen molar-refractivity contribution in [1.29, 1.82) is 0 Å². The molecule has 0 unspecified atom stereocenters. The monoisotopic (exact) mass is 500 g/mol. The zero-order valence-corrected chi connectivity index (χ0v) is 21.5. The highest BCUT2D eigenvalue weighted by atomic mass is 32.1. The maximum Gasteiger partial charge on any atom is 0.411 e. The number of benzene rings is 1. The summed E-state index contributed by atoms with van der Waals surface area (Å²) in [5.41, 5.74) is 3.17. The molecule has 35 heavy (non-hydrogen) atoms. The van der Waals surface area contributed by atoms with Gasteiger partial charge in [-0.1, -0.05) is 24.3 Å². The molecular weight excluding hydrogens is 468 g/mol. The fourth-order valence-electron chi connectivity index (χ4n) is 4.59. The lowest BCUT2D eigenvalue weighted by atomic mass is 9.81. The molecule has 3 amide bonds. The zero-order valence-electron chi connectivity index (χ0n) is 20.7. The third-order valence-electron chi connectivity index (χ3n) is 6.38. The minimum atomic E-state index is -0.859. The Bertz CT molecular complexity index is 1120. The van der Waals surface area contributed by atoms with Crippen molar-refractivity contribution < 1.29 is 24.2 Å². The van der Waals surface area contributed by atoms with Crippen LogP contribution in [0.4, 0.5) is 4.79 Å². The Labute approximate surface area is 209 Å². The van der Waals surface area contributed by atoms with Gasteiger partial charge in [0.1, 0.15) is 17.2 Å². The molecule has 2 aliphatic heterocycles. The molecule has 0 aliphatic carbocycles. The second kappa shape index (κ2) is 9.23. The van der Waals surface area contributed by atoms with Gasteiger partial charge < -0.3 is 20.1 Å². The molecule has 0 radical (unpaired) electrons. The van der Waals surface area contributed by atoms with Crippen LogP contribution in [0.15, 0.2) is 29.8 Å². The molecule has 10 heteroatoms. The van der Waals surface area contributed by atoms with Crippen LogP contribution in [0.5, 0.6) is 0 Å². The molecule has 2 saturated heterocycles. The number of nitrogens with zero attached hydrogens (tertiary/aromatic N) is 3. The predicted octanol–water partition coefficient (Wildman–Crippen LogP) is 2.66. The quantitative estimate of drug-likeness (QED) is 0.668. The second-order valence-electron chi connectivity index (χ2n) is 10.3. The number of nitrogens with one attached hydrogen (secondary N) is 1. The van der Waals surface area contributed by atoms with Crippen LogP contribution >= 0.6 is 11.3 Å². The number of aromatic nitrogens is 1. The molecule has 188 valence electrons. The highest BCUT2D eigenvalue weighted by molar-refractivity contribution is 7.13. The zero-order chi connectivity index (χ0) is 25.5. The molecule has 2 fully saturated rings. The fourth-order valence-corrected chi connectivity index (χ4v) is 5.40. The number of ether oxygens (including phenoxy) is 1. The maximum absolute atomic E-state index is 13.4. The van der Waals surface area contributed by atoms with Crippen LogP contribution in [0, 0.1) is 6.92 Å². The minimum absolute atomic E-state index is 0.0302. The van der Waals surface area contributed by atoms with Crippen LogP contribution in [-0.2, 0) is 19.9 Å². The normalized spacial score (nSPS) is 21.4. The van der Waals surface area contributed by atoms with Crippen LogP contribution < -0.4 is 5.32 Å². The first kappa shape index (κ1) is 25.1. The highest BCUT2D eigenvalue weighted by Crippen LogP contribution is 2.35. The lowest BCUT2D eigenvalue weighted by Gasteiger charge is -2.51. The average Bonchev–Trinajstić information content (AvgIpc) is 3.34. The Hall–Kier alpha value is -2.98. The molecule has 1 aromatic heterocycles. The number of thiazole rings is 1. The fraction of sp³-hybridized carbons (Fsp3) is 0.520. The summed E-state index contributed by atoms with van der Waals surface area (Å²) >= 11 is 1.57. The van der Waals surface area contributed by atoms with Gasteiger partial charge in [-0.05, 0) is 38.8 Å². The van der Waals surface area contributed by atoms with Gasteiger partial charge in [-0.25, -0.2) is 9.78 Å². The van der Waals surface area contributed by atoms with Crippen LogP contribution in [0.2, 0.25) is 0 Å². The van der Waals surface area contributed by atoms with Gasteiger partial charge in [0.25, 0.3) is 0 Å². The molecule has 4 rings (SSSR count). The van der Waals surface area contributed by atoms with E-state index >= 15 is 0 Å². The van der Waals surface area contributed by atoms with E-state index in [0.717, 1.165) is 21.7 Å². The Morgan fingerprint density at radius 3 is 2.40 bits per heavy atom.